The van der Waals surface area contributed by atoms with E-state index in [-0.39, 0.29) is 0 Å². The average molecular weight is 306 g/mol. The maximum Gasteiger partial charge on any atom is 0.243 e. The minimum absolute atomic E-state index is 0.365. The minimum Gasteiger partial charge on any atom is -0.348 e. The molecule has 112 valence electrons. The van der Waals surface area contributed by atoms with Gasteiger partial charge in [0.05, 0.1) is 6.54 Å². The SMILES string of the molecule is Cc1cnc(CNc2nc(NN)nc(N3CCCC3)n2)s1. The molecule has 2 aromatic heterocycles. The van der Waals surface area contributed by atoms with Crippen LogP contribution in [0.2, 0.25) is 0 Å². The Bertz CT molecular complexity index is 607. The van der Waals surface area contributed by atoms with Crippen molar-refractivity contribution in [3.8, 4) is 0 Å². The molecule has 1 aliphatic heterocycles. The van der Waals surface area contributed by atoms with E-state index in [1.807, 2.05) is 13.1 Å². The summed E-state index contributed by atoms with van der Waals surface area (Å²) in [6.45, 7) is 4.57. The standard InChI is InChI=1S/C12H18N8S/c1-8-6-14-9(21-8)7-15-10-16-11(19-13)18-12(17-10)20-4-2-3-5-20/h6H,2-5,7,13H2,1H3,(H2,15,16,17,18,19). The Labute approximate surface area is 126 Å². The normalized spacial score (nSPS) is 14.5. The van der Waals surface area contributed by atoms with Gasteiger partial charge in [-0.15, -0.1) is 11.3 Å². The highest BCUT2D eigenvalue weighted by atomic mass is 32.1. The van der Waals surface area contributed by atoms with Gasteiger partial charge in [0.15, 0.2) is 0 Å². The van der Waals surface area contributed by atoms with Crippen LogP contribution in [-0.4, -0.2) is 33.0 Å². The number of thiazole rings is 1. The van der Waals surface area contributed by atoms with Crippen molar-refractivity contribution < 1.29 is 0 Å². The van der Waals surface area contributed by atoms with Gasteiger partial charge in [0.2, 0.25) is 17.8 Å². The Balaban J connectivity index is 1.75. The highest BCUT2D eigenvalue weighted by molar-refractivity contribution is 7.11. The van der Waals surface area contributed by atoms with Crippen molar-refractivity contribution in [2.45, 2.75) is 26.3 Å². The van der Waals surface area contributed by atoms with Crippen LogP contribution in [0.3, 0.4) is 0 Å². The van der Waals surface area contributed by atoms with E-state index in [2.05, 4.69) is 35.6 Å². The predicted molar refractivity (Wildman–Crippen MR) is 83.3 cm³/mol. The molecule has 1 saturated heterocycles. The van der Waals surface area contributed by atoms with Gasteiger partial charge in [-0.05, 0) is 19.8 Å². The molecule has 4 N–H and O–H groups in total. The average Bonchev–Trinajstić information content (AvgIpc) is 3.16. The molecule has 0 aliphatic carbocycles. The van der Waals surface area contributed by atoms with Gasteiger partial charge in [-0.2, -0.15) is 15.0 Å². The topological polar surface area (TPSA) is 105 Å². The molecule has 1 fully saturated rings. The largest absolute Gasteiger partial charge is 0.348 e. The van der Waals surface area contributed by atoms with Crippen LogP contribution in [0, 0.1) is 6.92 Å². The van der Waals surface area contributed by atoms with Gasteiger partial charge in [-0.3, -0.25) is 5.43 Å². The van der Waals surface area contributed by atoms with Crippen LogP contribution in [0.25, 0.3) is 0 Å². The molecule has 21 heavy (non-hydrogen) atoms. The number of nitrogen functional groups attached to an aromatic ring is 1. The van der Waals surface area contributed by atoms with Crippen LogP contribution >= 0.6 is 11.3 Å². The molecular weight excluding hydrogens is 288 g/mol. The van der Waals surface area contributed by atoms with Crippen LogP contribution in [-0.2, 0) is 6.54 Å². The van der Waals surface area contributed by atoms with Crippen molar-refractivity contribution in [2.75, 3.05) is 28.7 Å². The lowest BCUT2D eigenvalue weighted by Crippen LogP contribution is -2.23. The van der Waals surface area contributed by atoms with Gasteiger partial charge in [0, 0.05) is 24.2 Å². The van der Waals surface area contributed by atoms with E-state index in [4.69, 9.17) is 5.84 Å². The summed E-state index contributed by atoms with van der Waals surface area (Å²) in [7, 11) is 0. The molecule has 8 nitrogen and oxygen atoms in total. The van der Waals surface area contributed by atoms with Crippen LogP contribution < -0.4 is 21.5 Å². The first kappa shape index (κ1) is 14.0. The van der Waals surface area contributed by atoms with Crippen molar-refractivity contribution in [1.29, 1.82) is 0 Å². The number of hydrogen-bond donors (Lipinski definition) is 3. The summed E-state index contributed by atoms with van der Waals surface area (Å²) < 4.78 is 0. The number of aromatic nitrogens is 4. The van der Waals surface area contributed by atoms with Gasteiger partial charge in [-0.25, -0.2) is 10.8 Å². The Hall–Kier alpha value is -2.00. The third kappa shape index (κ3) is 3.37. The molecule has 0 unspecified atom stereocenters. The molecule has 0 atom stereocenters. The van der Waals surface area contributed by atoms with E-state index in [1.54, 1.807) is 11.3 Å². The molecule has 3 heterocycles. The van der Waals surface area contributed by atoms with Gasteiger partial charge in [-0.1, -0.05) is 0 Å². The first-order chi connectivity index (χ1) is 10.2. The third-order valence-electron chi connectivity index (χ3n) is 3.21. The lowest BCUT2D eigenvalue weighted by Gasteiger charge is -2.16. The van der Waals surface area contributed by atoms with Crippen LogP contribution in [0.15, 0.2) is 6.20 Å². The molecule has 0 aromatic carbocycles. The van der Waals surface area contributed by atoms with Crippen molar-refractivity contribution in [2.24, 2.45) is 5.84 Å². The molecule has 9 heteroatoms. The fourth-order valence-corrected chi connectivity index (χ4v) is 2.93. The van der Waals surface area contributed by atoms with Gasteiger partial charge in [0.1, 0.15) is 5.01 Å². The second kappa shape index (κ2) is 6.19. The van der Waals surface area contributed by atoms with E-state index < -0.39 is 0 Å². The lowest BCUT2D eigenvalue weighted by molar-refractivity contribution is 0.875. The van der Waals surface area contributed by atoms with Crippen LogP contribution in [0.5, 0.6) is 0 Å². The summed E-state index contributed by atoms with van der Waals surface area (Å²) in [5.41, 5.74) is 2.49. The van der Waals surface area contributed by atoms with Gasteiger partial charge >= 0.3 is 0 Å². The molecule has 0 saturated carbocycles. The van der Waals surface area contributed by atoms with Crippen molar-refractivity contribution in [3.05, 3.63) is 16.1 Å². The predicted octanol–water partition coefficient (Wildman–Crippen LogP) is 1.13. The number of nitrogens with one attached hydrogen (secondary N) is 2. The Morgan fingerprint density at radius 2 is 2.00 bits per heavy atom. The highest BCUT2D eigenvalue weighted by Gasteiger charge is 2.17. The number of hydrogen-bond acceptors (Lipinski definition) is 9. The molecule has 1 aliphatic rings. The summed E-state index contributed by atoms with van der Waals surface area (Å²) >= 11 is 1.65. The molecule has 0 radical (unpaired) electrons. The highest BCUT2D eigenvalue weighted by Crippen LogP contribution is 2.19. The van der Waals surface area contributed by atoms with Crippen molar-refractivity contribution >= 4 is 29.2 Å². The van der Waals surface area contributed by atoms with Gasteiger partial charge < -0.3 is 10.2 Å². The summed E-state index contributed by atoms with van der Waals surface area (Å²) in [5.74, 6) is 6.97. The number of nitrogens with two attached hydrogens (primary N) is 1. The van der Waals surface area contributed by atoms with E-state index in [9.17, 15) is 0 Å². The fourth-order valence-electron chi connectivity index (χ4n) is 2.20. The van der Waals surface area contributed by atoms with Crippen LogP contribution in [0.4, 0.5) is 17.8 Å². The molecule has 2 aromatic rings. The monoisotopic (exact) mass is 306 g/mol. The fraction of sp³-hybridized carbons (Fsp3) is 0.500. The number of anilines is 3. The summed E-state index contributed by atoms with van der Waals surface area (Å²) in [6, 6.07) is 0. The Morgan fingerprint density at radius 1 is 1.24 bits per heavy atom. The maximum absolute atomic E-state index is 5.44. The summed E-state index contributed by atoms with van der Waals surface area (Å²) in [6.07, 6.45) is 4.19. The number of hydrazine groups is 1. The zero-order valence-electron chi connectivity index (χ0n) is 11.8. The van der Waals surface area contributed by atoms with E-state index in [0.717, 1.165) is 30.9 Å². The van der Waals surface area contributed by atoms with Crippen molar-refractivity contribution in [3.63, 3.8) is 0 Å². The Morgan fingerprint density at radius 3 is 2.67 bits per heavy atom. The molecule has 0 spiro atoms. The molecule has 0 bridgehead atoms. The number of nitrogens with zero attached hydrogens (tertiary/aromatic N) is 5. The smallest absolute Gasteiger partial charge is 0.243 e. The van der Waals surface area contributed by atoms with E-state index in [1.165, 1.54) is 4.88 Å². The second-order valence-electron chi connectivity index (χ2n) is 4.84. The van der Waals surface area contributed by atoms with Crippen LogP contribution in [0.1, 0.15) is 22.7 Å². The maximum atomic E-state index is 5.44. The van der Waals surface area contributed by atoms with E-state index in [0.29, 0.717) is 24.4 Å². The molecule has 3 rings (SSSR count). The summed E-state index contributed by atoms with van der Waals surface area (Å²) in [4.78, 5) is 20.6. The first-order valence-electron chi connectivity index (χ1n) is 6.87. The second-order valence-corrected chi connectivity index (χ2v) is 6.16. The third-order valence-corrected chi connectivity index (χ3v) is 4.12. The minimum atomic E-state index is 0.365. The zero-order chi connectivity index (χ0) is 14.7. The zero-order valence-corrected chi connectivity index (χ0v) is 12.7. The number of aryl methyl sites for hydroxylation is 1. The molecular formula is C12H18N8S. The first-order valence-corrected chi connectivity index (χ1v) is 7.69. The summed E-state index contributed by atoms with van der Waals surface area (Å²) in [5, 5.41) is 4.17. The quantitative estimate of drug-likeness (QED) is 0.558. The van der Waals surface area contributed by atoms with Gasteiger partial charge in [0.25, 0.3) is 0 Å². The molecule has 0 amide bonds. The van der Waals surface area contributed by atoms with E-state index >= 15 is 0 Å². The van der Waals surface area contributed by atoms with Crippen molar-refractivity contribution in [1.82, 2.24) is 19.9 Å². The number of rotatable bonds is 5. The lowest BCUT2D eigenvalue weighted by atomic mass is 10.4. The Kier molecular flexibility index (Phi) is 4.11.